The Hall–Kier alpha value is -2.33. The number of hydrogen-bond acceptors (Lipinski definition) is 3. The molecular formula is C22H27NO3. The van der Waals surface area contributed by atoms with Crippen LogP contribution >= 0.6 is 0 Å². The van der Waals surface area contributed by atoms with Gasteiger partial charge in [-0.3, -0.25) is 4.79 Å². The van der Waals surface area contributed by atoms with Crippen molar-refractivity contribution in [3.8, 4) is 16.9 Å². The second-order valence-corrected chi connectivity index (χ2v) is 6.91. The highest BCUT2D eigenvalue weighted by atomic mass is 16.5. The Bertz CT molecular complexity index is 709. The van der Waals surface area contributed by atoms with Crippen LogP contribution in [0.5, 0.6) is 5.75 Å². The standard InChI is InChI=1S/C22H27NO3/c1-26-16-4-6-20-5-2-3-15-23(20)22(25)19-9-7-17(8-10-19)18-11-13-21(24)14-12-18/h7-14,20,24H,2-6,15-16H2,1H3/t20-/m0/s1. The summed E-state index contributed by atoms with van der Waals surface area (Å²) in [7, 11) is 1.72. The molecule has 0 spiro atoms. The van der Waals surface area contributed by atoms with E-state index in [2.05, 4.69) is 4.90 Å². The number of rotatable bonds is 6. The fourth-order valence-electron chi connectivity index (χ4n) is 3.66. The average Bonchev–Trinajstić information content (AvgIpc) is 2.69. The zero-order valence-corrected chi connectivity index (χ0v) is 15.4. The Balaban J connectivity index is 1.70. The highest BCUT2D eigenvalue weighted by Gasteiger charge is 2.27. The summed E-state index contributed by atoms with van der Waals surface area (Å²) in [5.74, 6) is 0.384. The molecule has 4 heteroatoms. The molecule has 138 valence electrons. The summed E-state index contributed by atoms with van der Waals surface area (Å²) in [6, 6.07) is 15.2. The van der Waals surface area contributed by atoms with Gasteiger partial charge in [0.15, 0.2) is 0 Å². The third-order valence-corrected chi connectivity index (χ3v) is 5.11. The molecule has 0 unspecified atom stereocenters. The molecule has 0 aromatic heterocycles. The van der Waals surface area contributed by atoms with Crippen LogP contribution in [0.3, 0.4) is 0 Å². The monoisotopic (exact) mass is 353 g/mol. The van der Waals surface area contributed by atoms with Crippen LogP contribution in [-0.2, 0) is 4.74 Å². The van der Waals surface area contributed by atoms with Crippen LogP contribution in [0.4, 0.5) is 0 Å². The third-order valence-electron chi connectivity index (χ3n) is 5.11. The van der Waals surface area contributed by atoms with Crippen molar-refractivity contribution < 1.29 is 14.6 Å². The molecule has 1 amide bonds. The molecule has 2 aromatic carbocycles. The van der Waals surface area contributed by atoms with Crippen LogP contribution in [0.1, 0.15) is 42.5 Å². The first-order valence-electron chi connectivity index (χ1n) is 9.38. The predicted molar refractivity (Wildman–Crippen MR) is 103 cm³/mol. The summed E-state index contributed by atoms with van der Waals surface area (Å²) in [6.07, 6.45) is 5.36. The van der Waals surface area contributed by atoms with Crippen molar-refractivity contribution in [2.75, 3.05) is 20.3 Å². The molecule has 1 N–H and O–H groups in total. The number of amides is 1. The minimum Gasteiger partial charge on any atom is -0.508 e. The van der Waals surface area contributed by atoms with Gasteiger partial charge in [0, 0.05) is 31.9 Å². The molecule has 26 heavy (non-hydrogen) atoms. The summed E-state index contributed by atoms with van der Waals surface area (Å²) in [4.78, 5) is 15.0. The van der Waals surface area contributed by atoms with Crippen molar-refractivity contribution in [2.45, 2.75) is 38.1 Å². The summed E-state index contributed by atoms with van der Waals surface area (Å²) < 4.78 is 5.16. The number of piperidine rings is 1. The molecular weight excluding hydrogens is 326 g/mol. The van der Waals surface area contributed by atoms with E-state index < -0.39 is 0 Å². The Morgan fingerprint density at radius 1 is 1.08 bits per heavy atom. The smallest absolute Gasteiger partial charge is 0.254 e. The van der Waals surface area contributed by atoms with Gasteiger partial charge in [0.25, 0.3) is 5.91 Å². The van der Waals surface area contributed by atoms with Crippen LogP contribution < -0.4 is 0 Å². The van der Waals surface area contributed by atoms with Gasteiger partial charge < -0.3 is 14.7 Å². The quantitative estimate of drug-likeness (QED) is 0.779. The largest absolute Gasteiger partial charge is 0.508 e. The molecule has 1 aliphatic heterocycles. The second kappa shape index (κ2) is 8.86. The minimum atomic E-state index is 0.129. The molecule has 0 bridgehead atoms. The number of hydrogen-bond donors (Lipinski definition) is 1. The Kier molecular flexibility index (Phi) is 6.29. The highest BCUT2D eigenvalue weighted by molar-refractivity contribution is 5.95. The van der Waals surface area contributed by atoms with Gasteiger partial charge >= 0.3 is 0 Å². The lowest BCUT2D eigenvalue weighted by Gasteiger charge is -2.36. The molecule has 1 fully saturated rings. The number of nitrogens with zero attached hydrogens (tertiary/aromatic N) is 1. The zero-order chi connectivity index (χ0) is 18.4. The molecule has 0 aliphatic carbocycles. The molecule has 2 aromatic rings. The lowest BCUT2D eigenvalue weighted by atomic mass is 9.96. The second-order valence-electron chi connectivity index (χ2n) is 6.91. The fraction of sp³-hybridized carbons (Fsp3) is 0.409. The summed E-state index contributed by atoms with van der Waals surface area (Å²) in [6.45, 7) is 1.59. The van der Waals surface area contributed by atoms with Crippen molar-refractivity contribution in [2.24, 2.45) is 0 Å². The minimum absolute atomic E-state index is 0.129. The van der Waals surface area contributed by atoms with Gasteiger partial charge in [-0.25, -0.2) is 0 Å². The summed E-state index contributed by atoms with van der Waals surface area (Å²) in [5.41, 5.74) is 2.81. The van der Waals surface area contributed by atoms with Crippen molar-refractivity contribution in [1.82, 2.24) is 4.90 Å². The van der Waals surface area contributed by atoms with Crippen molar-refractivity contribution in [1.29, 1.82) is 0 Å². The number of carbonyl (C=O) groups is 1. The number of methoxy groups -OCH3 is 1. The highest BCUT2D eigenvalue weighted by Crippen LogP contribution is 2.25. The van der Waals surface area contributed by atoms with Gasteiger partial charge in [-0.2, -0.15) is 0 Å². The number of likely N-dealkylation sites (tertiary alicyclic amines) is 1. The predicted octanol–water partition coefficient (Wildman–Crippen LogP) is 4.48. The Morgan fingerprint density at radius 3 is 2.38 bits per heavy atom. The topological polar surface area (TPSA) is 49.8 Å². The lowest BCUT2D eigenvalue weighted by Crippen LogP contribution is -2.43. The molecule has 0 saturated carbocycles. The molecule has 4 nitrogen and oxygen atoms in total. The number of phenols is 1. The van der Waals surface area contributed by atoms with Gasteiger partial charge in [-0.15, -0.1) is 0 Å². The van der Waals surface area contributed by atoms with Crippen LogP contribution in [0.25, 0.3) is 11.1 Å². The maximum Gasteiger partial charge on any atom is 0.254 e. The van der Waals surface area contributed by atoms with E-state index in [9.17, 15) is 9.90 Å². The third kappa shape index (κ3) is 4.44. The molecule has 1 saturated heterocycles. The number of carbonyl (C=O) groups excluding carboxylic acids is 1. The maximum atomic E-state index is 13.0. The Morgan fingerprint density at radius 2 is 1.73 bits per heavy atom. The average molecular weight is 353 g/mol. The Labute approximate surface area is 155 Å². The normalized spacial score (nSPS) is 17.3. The number of phenolic OH excluding ortho intramolecular Hbond substituents is 1. The van der Waals surface area contributed by atoms with Crippen molar-refractivity contribution >= 4 is 5.91 Å². The van der Waals surface area contributed by atoms with Crippen LogP contribution in [-0.4, -0.2) is 42.2 Å². The first kappa shape index (κ1) is 18.5. The van der Waals surface area contributed by atoms with Crippen molar-refractivity contribution in [3.05, 3.63) is 54.1 Å². The molecule has 0 radical (unpaired) electrons. The van der Waals surface area contributed by atoms with E-state index in [4.69, 9.17) is 4.74 Å². The van der Waals surface area contributed by atoms with Gasteiger partial charge in [0.1, 0.15) is 5.75 Å². The van der Waals surface area contributed by atoms with E-state index >= 15 is 0 Å². The summed E-state index contributed by atoms with van der Waals surface area (Å²) in [5, 5.41) is 9.41. The maximum absolute atomic E-state index is 13.0. The van der Waals surface area contributed by atoms with Gasteiger partial charge in [0.2, 0.25) is 0 Å². The van der Waals surface area contributed by atoms with Gasteiger partial charge in [0.05, 0.1) is 0 Å². The van der Waals surface area contributed by atoms with E-state index in [1.807, 2.05) is 36.4 Å². The van der Waals surface area contributed by atoms with E-state index in [0.717, 1.165) is 55.5 Å². The first-order chi connectivity index (χ1) is 12.7. The van der Waals surface area contributed by atoms with E-state index in [0.29, 0.717) is 6.04 Å². The number of aromatic hydroxyl groups is 1. The van der Waals surface area contributed by atoms with Gasteiger partial charge in [-0.1, -0.05) is 24.3 Å². The first-order valence-corrected chi connectivity index (χ1v) is 9.38. The SMILES string of the molecule is COCCC[C@@H]1CCCCN1C(=O)c1ccc(-c2ccc(O)cc2)cc1. The molecule has 1 atom stereocenters. The number of benzene rings is 2. The lowest BCUT2D eigenvalue weighted by molar-refractivity contribution is 0.0585. The zero-order valence-electron chi connectivity index (χ0n) is 15.4. The van der Waals surface area contributed by atoms with E-state index in [-0.39, 0.29) is 11.7 Å². The van der Waals surface area contributed by atoms with Crippen molar-refractivity contribution in [3.63, 3.8) is 0 Å². The van der Waals surface area contributed by atoms with Crippen LogP contribution in [0, 0.1) is 0 Å². The van der Waals surface area contributed by atoms with Crippen LogP contribution in [0.15, 0.2) is 48.5 Å². The molecule has 3 rings (SSSR count). The van der Waals surface area contributed by atoms with Crippen LogP contribution in [0.2, 0.25) is 0 Å². The van der Waals surface area contributed by atoms with E-state index in [1.165, 1.54) is 6.42 Å². The van der Waals surface area contributed by atoms with E-state index in [1.54, 1.807) is 19.2 Å². The number of ether oxygens (including phenoxy) is 1. The van der Waals surface area contributed by atoms with Gasteiger partial charge in [-0.05, 0) is 67.5 Å². The summed E-state index contributed by atoms with van der Waals surface area (Å²) >= 11 is 0. The molecule has 1 heterocycles. The fourth-order valence-corrected chi connectivity index (χ4v) is 3.66. The molecule has 1 aliphatic rings.